The Hall–Kier alpha value is -2.42. The number of halogens is 2. The fourth-order valence-corrected chi connectivity index (χ4v) is 3.11. The van der Waals surface area contributed by atoms with Crippen molar-refractivity contribution in [3.8, 4) is 0 Å². The van der Waals surface area contributed by atoms with E-state index in [4.69, 9.17) is 0 Å². The Morgan fingerprint density at radius 3 is 2.53 bits per heavy atom. The predicted molar refractivity (Wildman–Crippen MR) is 131 cm³/mol. The maximum absolute atomic E-state index is 13.2. The van der Waals surface area contributed by atoms with Gasteiger partial charge in [0.15, 0.2) is 5.96 Å². The lowest BCUT2D eigenvalue weighted by atomic mass is 10.1. The lowest BCUT2D eigenvalue weighted by Crippen LogP contribution is -2.38. The number of hydrogen-bond acceptors (Lipinski definition) is 2. The summed E-state index contributed by atoms with van der Waals surface area (Å²) < 4.78 is 15.3. The van der Waals surface area contributed by atoms with Crippen molar-refractivity contribution < 1.29 is 4.39 Å². The number of guanidine groups is 1. The lowest BCUT2D eigenvalue weighted by Gasteiger charge is -2.12. The summed E-state index contributed by atoms with van der Waals surface area (Å²) in [6.45, 7) is 6.95. The fraction of sp³-hybridized carbons (Fsp3) is 0.304. The molecule has 2 aromatic carbocycles. The summed E-state index contributed by atoms with van der Waals surface area (Å²) in [6, 6.07) is 13.4. The first kappa shape index (κ1) is 23.9. The van der Waals surface area contributed by atoms with Crippen LogP contribution in [-0.4, -0.2) is 28.6 Å². The van der Waals surface area contributed by atoms with Gasteiger partial charge >= 0.3 is 0 Å². The highest BCUT2D eigenvalue weighted by atomic mass is 127. The highest BCUT2D eigenvalue weighted by Gasteiger charge is 2.02. The van der Waals surface area contributed by atoms with Crippen LogP contribution in [0.2, 0.25) is 0 Å². The number of nitrogens with one attached hydrogen (secondary N) is 2. The molecule has 5 nitrogen and oxygen atoms in total. The molecule has 0 radical (unpaired) electrons. The molecule has 0 aliphatic heterocycles. The number of aryl methyl sites for hydroxylation is 1. The second-order valence-electron chi connectivity index (χ2n) is 6.99. The SMILES string of the molecule is CCNC(=NCc1ccc(Cn2ccnc2)cc1)NCCc1ccc(F)cc1C.I. The van der Waals surface area contributed by atoms with E-state index in [1.165, 1.54) is 11.6 Å². The Labute approximate surface area is 194 Å². The van der Waals surface area contributed by atoms with Gasteiger partial charge < -0.3 is 15.2 Å². The quantitative estimate of drug-likeness (QED) is 0.264. The molecule has 2 N–H and O–H groups in total. The molecule has 0 saturated heterocycles. The predicted octanol–water partition coefficient (Wildman–Crippen LogP) is 4.29. The minimum atomic E-state index is -0.190. The van der Waals surface area contributed by atoms with E-state index in [1.807, 2.05) is 37.0 Å². The van der Waals surface area contributed by atoms with Gasteiger partial charge in [-0.2, -0.15) is 0 Å². The normalized spacial score (nSPS) is 11.1. The molecule has 0 saturated carbocycles. The molecule has 160 valence electrons. The Morgan fingerprint density at radius 2 is 1.87 bits per heavy atom. The summed E-state index contributed by atoms with van der Waals surface area (Å²) in [5.41, 5.74) is 4.51. The van der Waals surface area contributed by atoms with Crippen LogP contribution in [0, 0.1) is 12.7 Å². The third-order valence-corrected chi connectivity index (χ3v) is 4.70. The zero-order valence-corrected chi connectivity index (χ0v) is 19.8. The van der Waals surface area contributed by atoms with Crippen molar-refractivity contribution in [2.45, 2.75) is 33.4 Å². The number of aliphatic imine (C=N–C) groups is 1. The summed E-state index contributed by atoms with van der Waals surface area (Å²) >= 11 is 0. The van der Waals surface area contributed by atoms with E-state index in [0.717, 1.165) is 48.7 Å². The van der Waals surface area contributed by atoms with Crippen molar-refractivity contribution in [1.82, 2.24) is 20.2 Å². The minimum absolute atomic E-state index is 0. The van der Waals surface area contributed by atoms with E-state index in [-0.39, 0.29) is 29.8 Å². The number of aromatic nitrogens is 2. The molecule has 0 bridgehead atoms. The van der Waals surface area contributed by atoms with Gasteiger partial charge in [-0.05, 0) is 54.7 Å². The van der Waals surface area contributed by atoms with Crippen molar-refractivity contribution in [2.24, 2.45) is 4.99 Å². The molecule has 3 rings (SSSR count). The van der Waals surface area contributed by atoms with Crippen LogP contribution in [0.25, 0.3) is 0 Å². The third kappa shape index (κ3) is 7.44. The number of rotatable bonds is 8. The number of nitrogens with zero attached hydrogens (tertiary/aromatic N) is 3. The largest absolute Gasteiger partial charge is 0.357 e. The van der Waals surface area contributed by atoms with Gasteiger partial charge in [-0.25, -0.2) is 14.4 Å². The molecule has 0 spiro atoms. The van der Waals surface area contributed by atoms with Crippen LogP contribution in [-0.2, 0) is 19.5 Å². The first-order valence-corrected chi connectivity index (χ1v) is 9.95. The standard InChI is InChI=1S/C23H28FN5.HI/c1-3-26-23(27-11-10-21-8-9-22(24)14-18(21)2)28-15-19-4-6-20(7-5-19)16-29-13-12-25-17-29;/h4-9,12-14,17H,3,10-11,15-16H2,1-2H3,(H2,26,27,28);1H. The van der Waals surface area contributed by atoms with E-state index >= 15 is 0 Å². The summed E-state index contributed by atoms with van der Waals surface area (Å²) in [4.78, 5) is 8.75. The van der Waals surface area contributed by atoms with Crippen molar-refractivity contribution >= 4 is 29.9 Å². The Morgan fingerprint density at radius 1 is 1.10 bits per heavy atom. The minimum Gasteiger partial charge on any atom is -0.357 e. The van der Waals surface area contributed by atoms with E-state index in [2.05, 4.69) is 44.9 Å². The first-order valence-electron chi connectivity index (χ1n) is 9.95. The van der Waals surface area contributed by atoms with Gasteiger partial charge in [0.05, 0.1) is 12.9 Å². The van der Waals surface area contributed by atoms with Crippen LogP contribution in [0.5, 0.6) is 0 Å². The molecule has 30 heavy (non-hydrogen) atoms. The van der Waals surface area contributed by atoms with E-state index in [1.54, 1.807) is 12.3 Å². The van der Waals surface area contributed by atoms with Crippen molar-refractivity contribution in [3.63, 3.8) is 0 Å². The van der Waals surface area contributed by atoms with Crippen LogP contribution in [0.3, 0.4) is 0 Å². The molecule has 3 aromatic rings. The molecular weight excluding hydrogens is 492 g/mol. The fourth-order valence-electron chi connectivity index (χ4n) is 3.11. The molecule has 0 fully saturated rings. The van der Waals surface area contributed by atoms with Crippen LogP contribution < -0.4 is 10.6 Å². The zero-order chi connectivity index (χ0) is 20.5. The molecule has 1 aromatic heterocycles. The molecule has 1 heterocycles. The highest BCUT2D eigenvalue weighted by Crippen LogP contribution is 2.10. The monoisotopic (exact) mass is 521 g/mol. The maximum Gasteiger partial charge on any atom is 0.191 e. The van der Waals surface area contributed by atoms with Gasteiger partial charge in [-0.1, -0.05) is 30.3 Å². The van der Waals surface area contributed by atoms with E-state index in [0.29, 0.717) is 6.54 Å². The third-order valence-electron chi connectivity index (χ3n) is 4.70. The first-order chi connectivity index (χ1) is 14.1. The van der Waals surface area contributed by atoms with E-state index < -0.39 is 0 Å². The smallest absolute Gasteiger partial charge is 0.191 e. The number of hydrogen-bond donors (Lipinski definition) is 2. The second-order valence-corrected chi connectivity index (χ2v) is 6.99. The Bertz CT molecular complexity index is 923. The van der Waals surface area contributed by atoms with E-state index in [9.17, 15) is 4.39 Å². The molecular formula is C23H29FIN5. The summed E-state index contributed by atoms with van der Waals surface area (Å²) in [5.74, 6) is 0.597. The van der Waals surface area contributed by atoms with Crippen LogP contribution in [0.15, 0.2) is 66.2 Å². The molecule has 0 aliphatic rings. The van der Waals surface area contributed by atoms with Crippen molar-refractivity contribution in [1.29, 1.82) is 0 Å². The number of imidazole rings is 1. The maximum atomic E-state index is 13.2. The van der Waals surface area contributed by atoms with Gasteiger partial charge in [-0.15, -0.1) is 24.0 Å². The van der Waals surface area contributed by atoms with Crippen molar-refractivity contribution in [3.05, 3.63) is 89.3 Å². The second kappa shape index (κ2) is 12.3. The average Bonchev–Trinajstić information content (AvgIpc) is 3.22. The number of benzene rings is 2. The van der Waals surface area contributed by atoms with Crippen LogP contribution in [0.1, 0.15) is 29.2 Å². The van der Waals surface area contributed by atoms with Crippen LogP contribution >= 0.6 is 24.0 Å². The van der Waals surface area contributed by atoms with Gasteiger partial charge in [0.2, 0.25) is 0 Å². The molecule has 0 unspecified atom stereocenters. The van der Waals surface area contributed by atoms with Gasteiger partial charge in [0.1, 0.15) is 5.82 Å². The summed E-state index contributed by atoms with van der Waals surface area (Å²) in [5, 5.41) is 6.63. The summed E-state index contributed by atoms with van der Waals surface area (Å²) in [7, 11) is 0. The van der Waals surface area contributed by atoms with Gasteiger partial charge in [0, 0.05) is 32.0 Å². The summed E-state index contributed by atoms with van der Waals surface area (Å²) in [6.07, 6.45) is 6.38. The molecule has 0 amide bonds. The lowest BCUT2D eigenvalue weighted by molar-refractivity contribution is 0.625. The van der Waals surface area contributed by atoms with Gasteiger partial charge in [-0.3, -0.25) is 0 Å². The zero-order valence-electron chi connectivity index (χ0n) is 17.4. The topological polar surface area (TPSA) is 54.2 Å². The molecule has 7 heteroatoms. The molecule has 0 aliphatic carbocycles. The Kier molecular flexibility index (Phi) is 9.79. The average molecular weight is 521 g/mol. The van der Waals surface area contributed by atoms with Crippen molar-refractivity contribution in [2.75, 3.05) is 13.1 Å². The van der Waals surface area contributed by atoms with Gasteiger partial charge in [0.25, 0.3) is 0 Å². The Balaban J connectivity index is 0.00000320. The molecule has 0 atom stereocenters. The highest BCUT2D eigenvalue weighted by molar-refractivity contribution is 14.0. The van der Waals surface area contributed by atoms with Crippen LogP contribution in [0.4, 0.5) is 4.39 Å².